The molecule has 164 valence electrons. The van der Waals surface area contributed by atoms with Crippen LogP contribution in [0.1, 0.15) is 12.8 Å². The second-order valence-electron chi connectivity index (χ2n) is 7.52. The number of ether oxygens (including phenoxy) is 2. The summed E-state index contributed by atoms with van der Waals surface area (Å²) in [6.07, 6.45) is 6.04. The van der Waals surface area contributed by atoms with Gasteiger partial charge in [-0.15, -0.1) is 0 Å². The number of nitrogens with one attached hydrogen (secondary N) is 3. The van der Waals surface area contributed by atoms with E-state index in [-0.39, 0.29) is 5.91 Å². The van der Waals surface area contributed by atoms with E-state index in [2.05, 4.69) is 37.5 Å². The maximum atomic E-state index is 12.4. The molecular formula is C21H25ClN6O3. The number of hydrogen-bond acceptors (Lipinski definition) is 8. The number of aromatic nitrogens is 3. The average Bonchev–Trinajstić information content (AvgIpc) is 2.80. The predicted octanol–water partition coefficient (Wildman–Crippen LogP) is 2.47. The van der Waals surface area contributed by atoms with E-state index in [1.807, 2.05) is 0 Å². The minimum Gasteiger partial charge on any atom is -0.499 e. The second kappa shape index (κ2) is 10.0. The van der Waals surface area contributed by atoms with Crippen LogP contribution in [0, 0.1) is 5.92 Å². The first kappa shape index (κ1) is 21.5. The number of rotatable bonds is 6. The zero-order valence-electron chi connectivity index (χ0n) is 17.1. The molecule has 2 atom stereocenters. The lowest BCUT2D eigenvalue weighted by Crippen LogP contribution is -2.45. The third kappa shape index (κ3) is 5.69. The molecule has 31 heavy (non-hydrogen) atoms. The molecule has 0 bridgehead atoms. The molecule has 2 aromatic rings. The van der Waals surface area contributed by atoms with Crippen molar-refractivity contribution in [2.24, 2.45) is 5.92 Å². The summed E-state index contributed by atoms with van der Waals surface area (Å²) in [6, 6.07) is 1.69. The van der Waals surface area contributed by atoms with Gasteiger partial charge in [-0.3, -0.25) is 9.78 Å². The van der Waals surface area contributed by atoms with Gasteiger partial charge in [-0.2, -0.15) is 0 Å². The zero-order chi connectivity index (χ0) is 21.6. The van der Waals surface area contributed by atoms with E-state index in [0.29, 0.717) is 53.6 Å². The van der Waals surface area contributed by atoms with Gasteiger partial charge in [0, 0.05) is 37.8 Å². The van der Waals surface area contributed by atoms with E-state index >= 15 is 0 Å². The second-order valence-corrected chi connectivity index (χ2v) is 7.93. The molecule has 3 N–H and O–H groups in total. The van der Waals surface area contributed by atoms with Crippen molar-refractivity contribution in [1.82, 2.24) is 20.3 Å². The predicted molar refractivity (Wildman–Crippen MR) is 118 cm³/mol. The first-order chi connectivity index (χ1) is 15.1. The minimum atomic E-state index is -0.553. The lowest BCUT2D eigenvalue weighted by atomic mass is 9.99. The van der Waals surface area contributed by atoms with Crippen molar-refractivity contribution in [3.63, 3.8) is 0 Å². The van der Waals surface area contributed by atoms with Gasteiger partial charge < -0.3 is 25.4 Å². The van der Waals surface area contributed by atoms with Crippen LogP contribution in [0.25, 0.3) is 11.3 Å². The number of halogens is 1. The summed E-state index contributed by atoms with van der Waals surface area (Å²) >= 11 is 6.36. The third-order valence-electron chi connectivity index (χ3n) is 5.16. The molecule has 2 aliphatic heterocycles. The molecule has 4 heterocycles. The van der Waals surface area contributed by atoms with Crippen molar-refractivity contribution in [3.8, 4) is 11.3 Å². The van der Waals surface area contributed by atoms with Gasteiger partial charge in [0.05, 0.1) is 42.1 Å². The lowest BCUT2D eigenvalue weighted by Gasteiger charge is -2.24. The summed E-state index contributed by atoms with van der Waals surface area (Å²) in [4.78, 5) is 25.5. The summed E-state index contributed by atoms with van der Waals surface area (Å²) in [7, 11) is 0. The van der Waals surface area contributed by atoms with Crippen LogP contribution in [0.4, 0.5) is 11.6 Å². The van der Waals surface area contributed by atoms with Crippen LogP contribution in [0.5, 0.6) is 0 Å². The molecule has 2 aliphatic rings. The molecule has 2 saturated heterocycles. The van der Waals surface area contributed by atoms with Gasteiger partial charge in [-0.05, 0) is 18.4 Å². The van der Waals surface area contributed by atoms with Gasteiger partial charge in [0.2, 0.25) is 0 Å². The van der Waals surface area contributed by atoms with Crippen molar-refractivity contribution < 1.29 is 14.3 Å². The standard InChI is InChI=1S/C21H25ClN6O3/c1-13-6-14(2-4-30-13)8-25-20-12-24-10-17(27-20)15-7-19(26-9-16(15)22)28-21(29)18-11-23-3-5-31-18/h7,9-10,12,14,18,23H,1-6,8,11H2,(H,25,27)(H,26,28,29)/t14-,18-/m1/s1. The number of carbonyl (C=O) groups is 1. The van der Waals surface area contributed by atoms with Crippen molar-refractivity contribution in [2.45, 2.75) is 18.9 Å². The molecule has 0 saturated carbocycles. The van der Waals surface area contributed by atoms with E-state index in [4.69, 9.17) is 21.1 Å². The fraction of sp³-hybridized carbons (Fsp3) is 0.429. The molecule has 2 fully saturated rings. The number of allylic oxidation sites excluding steroid dienone is 1. The number of morpholine rings is 1. The number of carbonyl (C=O) groups excluding carboxylic acids is 1. The van der Waals surface area contributed by atoms with Gasteiger partial charge in [-0.1, -0.05) is 18.2 Å². The molecule has 4 rings (SSSR count). The Hall–Kier alpha value is -2.75. The first-order valence-electron chi connectivity index (χ1n) is 10.2. The number of anilines is 2. The van der Waals surface area contributed by atoms with Crippen molar-refractivity contribution in [3.05, 3.63) is 42.0 Å². The molecule has 2 aromatic heterocycles. The Morgan fingerprint density at radius 3 is 3.00 bits per heavy atom. The SMILES string of the molecule is C=C1C[C@H](CNc2cncc(-c3cc(NC(=O)[C@H]4CNCCO4)ncc3Cl)n2)CCO1. The van der Waals surface area contributed by atoms with Crippen molar-refractivity contribution in [1.29, 1.82) is 0 Å². The van der Waals surface area contributed by atoms with Crippen molar-refractivity contribution in [2.75, 3.05) is 43.5 Å². The Morgan fingerprint density at radius 2 is 2.19 bits per heavy atom. The topological polar surface area (TPSA) is 110 Å². The lowest BCUT2D eigenvalue weighted by molar-refractivity contribution is -0.128. The third-order valence-corrected chi connectivity index (χ3v) is 5.46. The molecule has 10 heteroatoms. The summed E-state index contributed by atoms with van der Waals surface area (Å²) in [5.74, 6) is 2.03. The Kier molecular flexibility index (Phi) is 6.96. The van der Waals surface area contributed by atoms with Crippen LogP contribution < -0.4 is 16.0 Å². The van der Waals surface area contributed by atoms with Crippen LogP contribution in [0.15, 0.2) is 37.0 Å². The van der Waals surface area contributed by atoms with Gasteiger partial charge in [0.1, 0.15) is 17.7 Å². The van der Waals surface area contributed by atoms with E-state index in [1.54, 1.807) is 18.5 Å². The first-order valence-corrected chi connectivity index (χ1v) is 10.6. The van der Waals surface area contributed by atoms with E-state index in [0.717, 1.165) is 31.7 Å². The molecule has 0 aromatic carbocycles. The fourth-order valence-corrected chi connectivity index (χ4v) is 3.70. The van der Waals surface area contributed by atoms with Crippen LogP contribution in [0.3, 0.4) is 0 Å². The van der Waals surface area contributed by atoms with Crippen LogP contribution in [0.2, 0.25) is 5.02 Å². The maximum Gasteiger partial charge on any atom is 0.255 e. The molecule has 0 radical (unpaired) electrons. The Labute approximate surface area is 185 Å². The fourth-order valence-electron chi connectivity index (χ4n) is 3.50. The highest BCUT2D eigenvalue weighted by Gasteiger charge is 2.22. The summed E-state index contributed by atoms with van der Waals surface area (Å²) in [5.41, 5.74) is 1.21. The monoisotopic (exact) mass is 444 g/mol. The van der Waals surface area contributed by atoms with Gasteiger partial charge in [0.25, 0.3) is 5.91 Å². The van der Waals surface area contributed by atoms with Gasteiger partial charge >= 0.3 is 0 Å². The molecule has 0 aliphatic carbocycles. The molecule has 9 nitrogen and oxygen atoms in total. The Balaban J connectivity index is 1.44. The van der Waals surface area contributed by atoms with E-state index < -0.39 is 6.10 Å². The van der Waals surface area contributed by atoms with Crippen LogP contribution >= 0.6 is 11.6 Å². The Bertz CT molecular complexity index is 950. The average molecular weight is 445 g/mol. The maximum absolute atomic E-state index is 12.4. The highest BCUT2D eigenvalue weighted by Crippen LogP contribution is 2.28. The van der Waals surface area contributed by atoms with E-state index in [9.17, 15) is 4.79 Å². The Morgan fingerprint density at radius 1 is 1.29 bits per heavy atom. The summed E-state index contributed by atoms with van der Waals surface area (Å²) in [6.45, 7) is 7.04. The number of amides is 1. The molecule has 1 amide bonds. The van der Waals surface area contributed by atoms with Crippen LogP contribution in [-0.4, -0.2) is 59.8 Å². The number of pyridine rings is 1. The summed E-state index contributed by atoms with van der Waals surface area (Å²) < 4.78 is 10.9. The molecule has 0 spiro atoms. The van der Waals surface area contributed by atoms with Crippen molar-refractivity contribution >= 4 is 29.1 Å². The molecule has 0 unspecified atom stereocenters. The molecular weight excluding hydrogens is 420 g/mol. The summed E-state index contributed by atoms with van der Waals surface area (Å²) in [5, 5.41) is 9.66. The normalized spacial score (nSPS) is 21.3. The van der Waals surface area contributed by atoms with Gasteiger partial charge in [0.15, 0.2) is 0 Å². The van der Waals surface area contributed by atoms with Gasteiger partial charge in [-0.25, -0.2) is 9.97 Å². The highest BCUT2D eigenvalue weighted by atomic mass is 35.5. The zero-order valence-corrected chi connectivity index (χ0v) is 17.8. The quantitative estimate of drug-likeness (QED) is 0.623. The van der Waals surface area contributed by atoms with E-state index in [1.165, 1.54) is 6.20 Å². The largest absolute Gasteiger partial charge is 0.499 e. The number of hydrogen-bond donors (Lipinski definition) is 3. The smallest absolute Gasteiger partial charge is 0.255 e. The van der Waals surface area contributed by atoms with Crippen LogP contribution in [-0.2, 0) is 14.3 Å². The number of nitrogens with zero attached hydrogens (tertiary/aromatic N) is 3. The minimum absolute atomic E-state index is 0.257. The highest BCUT2D eigenvalue weighted by molar-refractivity contribution is 6.33.